The number of carbonyl (C=O) groups excluding carboxylic acids is 2. The van der Waals surface area contributed by atoms with E-state index in [2.05, 4.69) is 16.0 Å². The zero-order chi connectivity index (χ0) is 13.4. The van der Waals surface area contributed by atoms with Crippen LogP contribution in [0.3, 0.4) is 0 Å². The summed E-state index contributed by atoms with van der Waals surface area (Å²) in [5.74, 6) is -0.131. The van der Waals surface area contributed by atoms with Crippen molar-refractivity contribution in [1.29, 1.82) is 0 Å². The molecule has 1 rings (SSSR count). The second-order valence-corrected chi connectivity index (χ2v) is 3.86. The average molecular weight is 286 g/mol. The summed E-state index contributed by atoms with van der Waals surface area (Å²) in [5, 5.41) is 8.28. The smallest absolute Gasteiger partial charge is 0.251 e. The topological polar surface area (TPSA) is 70.2 Å². The molecular weight excluding hydrogens is 266 g/mol. The van der Waals surface area contributed by atoms with Crippen LogP contribution >= 0.6 is 12.4 Å². The predicted octanol–water partition coefficient (Wildman–Crippen LogP) is 0.694. The van der Waals surface area contributed by atoms with E-state index in [1.807, 2.05) is 19.1 Å². The summed E-state index contributed by atoms with van der Waals surface area (Å²) in [4.78, 5) is 22.8. The van der Waals surface area contributed by atoms with E-state index < -0.39 is 0 Å². The normalized spacial score (nSPS) is 9.37. The lowest BCUT2D eigenvalue weighted by Crippen LogP contribution is -2.31. The highest BCUT2D eigenvalue weighted by Crippen LogP contribution is 2.04. The lowest BCUT2D eigenvalue weighted by atomic mass is 10.1. The second kappa shape index (κ2) is 9.35. The zero-order valence-electron chi connectivity index (χ0n) is 11.2. The van der Waals surface area contributed by atoms with Crippen molar-refractivity contribution in [2.75, 3.05) is 20.1 Å². The molecule has 0 aliphatic heterocycles. The fourth-order valence-electron chi connectivity index (χ4n) is 1.46. The Kier molecular flexibility index (Phi) is 8.57. The first-order chi connectivity index (χ1) is 8.67. The molecule has 0 saturated heterocycles. The van der Waals surface area contributed by atoms with Gasteiger partial charge in [0, 0.05) is 18.7 Å². The summed E-state index contributed by atoms with van der Waals surface area (Å²) in [6.45, 7) is 3.26. The Morgan fingerprint density at radius 3 is 2.26 bits per heavy atom. The van der Waals surface area contributed by atoms with E-state index in [0.717, 1.165) is 5.56 Å². The molecule has 106 valence electrons. The van der Waals surface area contributed by atoms with E-state index in [1.54, 1.807) is 19.2 Å². The quantitative estimate of drug-likeness (QED) is 0.720. The molecule has 0 radical (unpaired) electrons. The molecule has 1 aromatic rings. The summed E-state index contributed by atoms with van der Waals surface area (Å²) in [6, 6.07) is 7.18. The molecule has 0 heterocycles. The molecule has 1 aromatic carbocycles. The monoisotopic (exact) mass is 285 g/mol. The third kappa shape index (κ3) is 6.22. The van der Waals surface area contributed by atoms with Gasteiger partial charge in [0.15, 0.2) is 0 Å². The molecule has 6 heteroatoms. The van der Waals surface area contributed by atoms with Crippen LogP contribution in [-0.4, -0.2) is 32.0 Å². The molecule has 0 atom stereocenters. The van der Waals surface area contributed by atoms with Gasteiger partial charge in [-0.15, -0.1) is 12.4 Å². The Balaban J connectivity index is 0.00000324. The maximum atomic E-state index is 11.5. The number of likely N-dealkylation sites (N-methyl/N-ethyl adjacent to an activating group) is 1. The minimum Gasteiger partial charge on any atom is -0.352 e. The highest BCUT2D eigenvalue weighted by Gasteiger charge is 2.04. The second-order valence-electron chi connectivity index (χ2n) is 3.86. The van der Waals surface area contributed by atoms with Crippen LogP contribution in [0.15, 0.2) is 24.3 Å². The first-order valence-corrected chi connectivity index (χ1v) is 5.95. The Hall–Kier alpha value is -1.59. The largest absolute Gasteiger partial charge is 0.352 e. The fourth-order valence-corrected chi connectivity index (χ4v) is 1.46. The highest BCUT2D eigenvalue weighted by atomic mass is 35.5. The molecule has 2 amide bonds. The van der Waals surface area contributed by atoms with Gasteiger partial charge in [-0.05, 0) is 31.7 Å². The van der Waals surface area contributed by atoms with E-state index in [9.17, 15) is 9.59 Å². The molecule has 0 saturated carbocycles. The van der Waals surface area contributed by atoms with Crippen LogP contribution in [0.4, 0.5) is 0 Å². The van der Waals surface area contributed by atoms with Crippen molar-refractivity contribution in [3.8, 4) is 0 Å². The molecule has 0 bridgehead atoms. The van der Waals surface area contributed by atoms with E-state index in [4.69, 9.17) is 0 Å². The number of rotatable bonds is 6. The van der Waals surface area contributed by atoms with Gasteiger partial charge in [0.25, 0.3) is 5.91 Å². The molecule has 0 spiro atoms. The van der Waals surface area contributed by atoms with Crippen molar-refractivity contribution in [3.63, 3.8) is 0 Å². The van der Waals surface area contributed by atoms with Gasteiger partial charge in [0.2, 0.25) is 5.91 Å². The molecule has 0 aliphatic carbocycles. The lowest BCUT2D eigenvalue weighted by molar-refractivity contribution is -0.120. The number of carbonyl (C=O) groups is 2. The van der Waals surface area contributed by atoms with Gasteiger partial charge >= 0.3 is 0 Å². The lowest BCUT2D eigenvalue weighted by Gasteiger charge is -2.06. The minimum absolute atomic E-state index is 0. The van der Waals surface area contributed by atoms with Crippen LogP contribution < -0.4 is 16.0 Å². The number of hydrogen-bond acceptors (Lipinski definition) is 3. The molecule has 3 N–H and O–H groups in total. The van der Waals surface area contributed by atoms with Crippen molar-refractivity contribution in [2.24, 2.45) is 0 Å². The van der Waals surface area contributed by atoms with Crippen molar-refractivity contribution >= 4 is 24.2 Å². The van der Waals surface area contributed by atoms with Crippen LogP contribution in [0.5, 0.6) is 0 Å². The van der Waals surface area contributed by atoms with Crippen LogP contribution in [0.2, 0.25) is 0 Å². The van der Waals surface area contributed by atoms with Gasteiger partial charge < -0.3 is 16.0 Å². The van der Waals surface area contributed by atoms with Gasteiger partial charge in [-0.3, -0.25) is 9.59 Å². The number of benzene rings is 1. The first kappa shape index (κ1) is 17.4. The Labute approximate surface area is 119 Å². The Bertz CT molecular complexity index is 407. The highest BCUT2D eigenvalue weighted by molar-refractivity contribution is 5.94. The third-order valence-corrected chi connectivity index (χ3v) is 2.38. The average Bonchev–Trinajstić information content (AvgIpc) is 2.37. The van der Waals surface area contributed by atoms with E-state index in [-0.39, 0.29) is 24.2 Å². The van der Waals surface area contributed by atoms with Crippen molar-refractivity contribution in [2.45, 2.75) is 13.5 Å². The molecule has 0 aromatic heterocycles. The summed E-state index contributed by atoms with van der Waals surface area (Å²) in [6.07, 6.45) is 0. The van der Waals surface area contributed by atoms with Crippen LogP contribution in [0.25, 0.3) is 0 Å². The van der Waals surface area contributed by atoms with Gasteiger partial charge in [-0.2, -0.15) is 0 Å². The van der Waals surface area contributed by atoms with Crippen molar-refractivity contribution in [3.05, 3.63) is 35.4 Å². The fraction of sp³-hybridized carbons (Fsp3) is 0.385. The first-order valence-electron chi connectivity index (χ1n) is 5.95. The summed E-state index contributed by atoms with van der Waals surface area (Å²) >= 11 is 0. The minimum atomic E-state index is -0.0803. The summed E-state index contributed by atoms with van der Waals surface area (Å²) < 4.78 is 0. The standard InChI is InChI=1S/C13H19N3O2.ClH/c1-3-15-13(18)11-6-4-10(5-7-11)8-16-12(17)9-14-2;/h4-7,14H,3,8-9H2,1-2H3,(H,15,18)(H,16,17);1H. The SMILES string of the molecule is CCNC(=O)c1ccc(CNC(=O)CNC)cc1.Cl. The molecule has 5 nitrogen and oxygen atoms in total. The summed E-state index contributed by atoms with van der Waals surface area (Å²) in [5.41, 5.74) is 1.59. The van der Waals surface area contributed by atoms with Gasteiger partial charge in [-0.1, -0.05) is 12.1 Å². The Morgan fingerprint density at radius 2 is 1.74 bits per heavy atom. The predicted molar refractivity (Wildman–Crippen MR) is 77.5 cm³/mol. The van der Waals surface area contributed by atoms with Gasteiger partial charge in [-0.25, -0.2) is 0 Å². The van der Waals surface area contributed by atoms with E-state index in [0.29, 0.717) is 25.2 Å². The van der Waals surface area contributed by atoms with Gasteiger partial charge in [0.05, 0.1) is 6.54 Å². The number of halogens is 1. The number of nitrogens with one attached hydrogen (secondary N) is 3. The zero-order valence-corrected chi connectivity index (χ0v) is 12.0. The third-order valence-electron chi connectivity index (χ3n) is 2.38. The maximum absolute atomic E-state index is 11.5. The van der Waals surface area contributed by atoms with Crippen molar-refractivity contribution in [1.82, 2.24) is 16.0 Å². The van der Waals surface area contributed by atoms with Crippen LogP contribution in [0.1, 0.15) is 22.8 Å². The molecular formula is C13H20ClN3O2. The maximum Gasteiger partial charge on any atom is 0.251 e. The van der Waals surface area contributed by atoms with E-state index in [1.165, 1.54) is 0 Å². The van der Waals surface area contributed by atoms with Crippen molar-refractivity contribution < 1.29 is 9.59 Å². The molecule has 19 heavy (non-hydrogen) atoms. The molecule has 0 fully saturated rings. The van der Waals surface area contributed by atoms with E-state index >= 15 is 0 Å². The summed E-state index contributed by atoms with van der Waals surface area (Å²) in [7, 11) is 1.72. The molecule has 0 unspecified atom stereocenters. The Morgan fingerprint density at radius 1 is 1.11 bits per heavy atom. The number of amides is 2. The van der Waals surface area contributed by atoms with Crippen LogP contribution in [0, 0.1) is 0 Å². The van der Waals surface area contributed by atoms with Gasteiger partial charge in [0.1, 0.15) is 0 Å². The number of hydrogen-bond donors (Lipinski definition) is 3. The van der Waals surface area contributed by atoms with Crippen LogP contribution in [-0.2, 0) is 11.3 Å². The molecule has 0 aliphatic rings.